The zero-order chi connectivity index (χ0) is 13.5. The second kappa shape index (κ2) is 6.70. The van der Waals surface area contributed by atoms with Crippen LogP contribution in [-0.2, 0) is 4.79 Å². The number of benzene rings is 1. The lowest BCUT2D eigenvalue weighted by Gasteiger charge is -2.08. The zero-order valence-electron chi connectivity index (χ0n) is 10.5. The first-order valence-corrected chi connectivity index (χ1v) is 5.74. The molecule has 0 aliphatic carbocycles. The van der Waals surface area contributed by atoms with Crippen molar-refractivity contribution < 1.29 is 9.72 Å². The van der Waals surface area contributed by atoms with Gasteiger partial charge in [-0.15, -0.1) is 0 Å². The summed E-state index contributed by atoms with van der Waals surface area (Å²) in [6.45, 7) is 2.56. The molecule has 1 rings (SSSR count). The summed E-state index contributed by atoms with van der Waals surface area (Å²) in [5.74, 6) is -0.131. The lowest BCUT2D eigenvalue weighted by molar-refractivity contribution is -0.384. The van der Waals surface area contributed by atoms with Crippen LogP contribution < -0.4 is 10.6 Å². The Balaban J connectivity index is 2.68. The van der Waals surface area contributed by atoms with Crippen LogP contribution in [0.15, 0.2) is 18.2 Å². The van der Waals surface area contributed by atoms with Gasteiger partial charge < -0.3 is 10.6 Å². The Morgan fingerprint density at radius 3 is 2.78 bits per heavy atom. The fourth-order valence-corrected chi connectivity index (χ4v) is 1.50. The number of anilines is 1. The van der Waals surface area contributed by atoms with Gasteiger partial charge >= 0.3 is 0 Å². The predicted octanol–water partition coefficient (Wildman–Crippen LogP) is 1.84. The summed E-state index contributed by atoms with van der Waals surface area (Å²) in [5.41, 5.74) is 1.28. The van der Waals surface area contributed by atoms with Crippen molar-refractivity contribution in [3.63, 3.8) is 0 Å². The second-order valence-corrected chi connectivity index (χ2v) is 4.01. The Labute approximate surface area is 106 Å². The highest BCUT2D eigenvalue weighted by Crippen LogP contribution is 2.21. The van der Waals surface area contributed by atoms with Gasteiger partial charge in [0.25, 0.3) is 5.69 Å². The van der Waals surface area contributed by atoms with E-state index in [2.05, 4.69) is 10.6 Å². The first kappa shape index (κ1) is 14.1. The average Bonchev–Trinajstić information content (AvgIpc) is 2.32. The fraction of sp³-hybridized carbons (Fsp3) is 0.417. The van der Waals surface area contributed by atoms with Crippen molar-refractivity contribution in [1.29, 1.82) is 0 Å². The van der Waals surface area contributed by atoms with Crippen LogP contribution in [0.5, 0.6) is 0 Å². The maximum absolute atomic E-state index is 11.6. The number of nitro groups is 1. The molecule has 1 aromatic rings. The van der Waals surface area contributed by atoms with E-state index in [0.717, 1.165) is 18.5 Å². The van der Waals surface area contributed by atoms with Gasteiger partial charge in [0, 0.05) is 18.6 Å². The molecule has 2 N–H and O–H groups in total. The van der Waals surface area contributed by atoms with Crippen LogP contribution in [0.2, 0.25) is 0 Å². The number of nitrogens with zero attached hydrogens (tertiary/aromatic N) is 1. The van der Waals surface area contributed by atoms with Crippen LogP contribution in [0.4, 0.5) is 11.4 Å². The van der Waals surface area contributed by atoms with Gasteiger partial charge in [0.15, 0.2) is 0 Å². The van der Waals surface area contributed by atoms with Crippen LogP contribution >= 0.6 is 0 Å². The normalized spacial score (nSPS) is 10.1. The van der Waals surface area contributed by atoms with Gasteiger partial charge in [0.05, 0.1) is 10.6 Å². The third kappa shape index (κ3) is 4.14. The molecule has 0 fully saturated rings. The fourth-order valence-electron chi connectivity index (χ4n) is 1.50. The summed E-state index contributed by atoms with van der Waals surface area (Å²) in [4.78, 5) is 21.8. The number of hydrogen-bond donors (Lipinski definition) is 2. The molecule has 1 amide bonds. The van der Waals surface area contributed by atoms with E-state index in [4.69, 9.17) is 0 Å². The number of non-ortho nitro benzene ring substituents is 1. The van der Waals surface area contributed by atoms with Gasteiger partial charge in [-0.3, -0.25) is 14.9 Å². The number of aryl methyl sites for hydroxylation is 1. The minimum absolute atomic E-state index is 0.0221. The molecule has 0 saturated carbocycles. The van der Waals surface area contributed by atoms with E-state index < -0.39 is 4.92 Å². The summed E-state index contributed by atoms with van der Waals surface area (Å²) in [7, 11) is 1.82. The molecule has 1 aromatic carbocycles. The maximum atomic E-state index is 11.6. The number of hydrogen-bond acceptors (Lipinski definition) is 4. The number of carbonyl (C=O) groups is 1. The van der Waals surface area contributed by atoms with Crippen LogP contribution in [0.3, 0.4) is 0 Å². The van der Waals surface area contributed by atoms with Crippen molar-refractivity contribution in [2.75, 3.05) is 18.9 Å². The van der Waals surface area contributed by atoms with Crippen molar-refractivity contribution >= 4 is 17.3 Å². The SMILES string of the molecule is CNCCCC(=O)Nc1cc([N+](=O)[O-])ccc1C. The quantitative estimate of drug-likeness (QED) is 0.459. The molecule has 0 atom stereocenters. The maximum Gasteiger partial charge on any atom is 0.271 e. The second-order valence-electron chi connectivity index (χ2n) is 4.01. The summed E-state index contributed by atoms with van der Waals surface area (Å²) in [6.07, 6.45) is 1.12. The van der Waals surface area contributed by atoms with Gasteiger partial charge in [0.1, 0.15) is 0 Å². The van der Waals surface area contributed by atoms with E-state index in [1.165, 1.54) is 12.1 Å². The third-order valence-corrected chi connectivity index (χ3v) is 2.54. The van der Waals surface area contributed by atoms with Gasteiger partial charge in [-0.05, 0) is 32.5 Å². The van der Waals surface area contributed by atoms with E-state index in [9.17, 15) is 14.9 Å². The average molecular weight is 251 g/mol. The van der Waals surface area contributed by atoms with Crippen molar-refractivity contribution in [2.45, 2.75) is 19.8 Å². The lowest BCUT2D eigenvalue weighted by atomic mass is 10.1. The number of nitro benzene ring substituents is 1. The van der Waals surface area contributed by atoms with Crippen LogP contribution in [-0.4, -0.2) is 24.4 Å². The topological polar surface area (TPSA) is 84.3 Å². The third-order valence-electron chi connectivity index (χ3n) is 2.54. The Bertz CT molecular complexity index is 446. The van der Waals surface area contributed by atoms with Crippen molar-refractivity contribution in [2.24, 2.45) is 0 Å². The largest absolute Gasteiger partial charge is 0.326 e. The van der Waals surface area contributed by atoms with Crippen LogP contribution in [0, 0.1) is 17.0 Å². The molecule has 0 heterocycles. The van der Waals surface area contributed by atoms with E-state index in [0.29, 0.717) is 12.1 Å². The highest BCUT2D eigenvalue weighted by Gasteiger charge is 2.10. The van der Waals surface area contributed by atoms with Crippen LogP contribution in [0.1, 0.15) is 18.4 Å². The van der Waals surface area contributed by atoms with Gasteiger partial charge in [0.2, 0.25) is 5.91 Å². The molecule has 0 saturated heterocycles. The summed E-state index contributed by atoms with van der Waals surface area (Å²) in [6, 6.07) is 4.43. The van der Waals surface area contributed by atoms with Gasteiger partial charge in [-0.1, -0.05) is 6.07 Å². The highest BCUT2D eigenvalue weighted by atomic mass is 16.6. The Hall–Kier alpha value is -1.95. The number of carbonyl (C=O) groups excluding carboxylic acids is 1. The lowest BCUT2D eigenvalue weighted by Crippen LogP contribution is -2.15. The van der Waals surface area contributed by atoms with Crippen molar-refractivity contribution in [1.82, 2.24) is 5.32 Å². The van der Waals surface area contributed by atoms with Crippen molar-refractivity contribution in [3.05, 3.63) is 33.9 Å². The molecule has 0 spiro atoms. The van der Waals surface area contributed by atoms with E-state index in [1.54, 1.807) is 13.0 Å². The number of rotatable bonds is 6. The minimum Gasteiger partial charge on any atom is -0.326 e. The molecule has 0 aliphatic rings. The molecule has 6 nitrogen and oxygen atoms in total. The van der Waals surface area contributed by atoms with Gasteiger partial charge in [-0.25, -0.2) is 0 Å². The Kier molecular flexibility index (Phi) is 5.26. The summed E-state index contributed by atoms with van der Waals surface area (Å²) < 4.78 is 0. The molecule has 0 unspecified atom stereocenters. The molecule has 0 bridgehead atoms. The Morgan fingerprint density at radius 1 is 1.44 bits per heavy atom. The number of amides is 1. The Morgan fingerprint density at radius 2 is 2.17 bits per heavy atom. The molecule has 0 aromatic heterocycles. The van der Waals surface area contributed by atoms with E-state index in [1.807, 2.05) is 7.05 Å². The predicted molar refractivity (Wildman–Crippen MR) is 69.6 cm³/mol. The molecular weight excluding hydrogens is 234 g/mol. The minimum atomic E-state index is -0.476. The molecular formula is C12H17N3O3. The number of nitrogens with one attached hydrogen (secondary N) is 2. The standard InChI is InChI=1S/C12H17N3O3/c1-9-5-6-10(15(17)18)8-11(9)14-12(16)4-3-7-13-2/h5-6,8,13H,3-4,7H2,1-2H3,(H,14,16). The smallest absolute Gasteiger partial charge is 0.271 e. The van der Waals surface area contributed by atoms with Crippen LogP contribution in [0.25, 0.3) is 0 Å². The molecule has 18 heavy (non-hydrogen) atoms. The van der Waals surface area contributed by atoms with E-state index in [-0.39, 0.29) is 11.6 Å². The van der Waals surface area contributed by atoms with E-state index >= 15 is 0 Å². The summed E-state index contributed by atoms with van der Waals surface area (Å²) >= 11 is 0. The molecule has 0 radical (unpaired) electrons. The first-order chi connectivity index (χ1) is 8.54. The monoisotopic (exact) mass is 251 g/mol. The first-order valence-electron chi connectivity index (χ1n) is 5.74. The van der Waals surface area contributed by atoms with Gasteiger partial charge in [-0.2, -0.15) is 0 Å². The molecule has 98 valence electrons. The zero-order valence-corrected chi connectivity index (χ0v) is 10.5. The van der Waals surface area contributed by atoms with Crippen molar-refractivity contribution in [3.8, 4) is 0 Å². The molecule has 6 heteroatoms. The summed E-state index contributed by atoms with van der Waals surface area (Å²) in [5, 5.41) is 16.3. The highest BCUT2D eigenvalue weighted by molar-refractivity contribution is 5.91. The molecule has 0 aliphatic heterocycles.